The number of aromatic nitrogens is 5. The van der Waals surface area contributed by atoms with E-state index in [0.29, 0.717) is 6.54 Å². The van der Waals surface area contributed by atoms with Crippen LogP contribution >= 0.6 is 0 Å². The predicted molar refractivity (Wildman–Crippen MR) is 62.4 cm³/mol. The maximum Gasteiger partial charge on any atom is 0.148 e. The Balaban J connectivity index is 2.17. The molecule has 2 aromatic rings. The molecular formula is C11H17N5O. The van der Waals surface area contributed by atoms with Crippen molar-refractivity contribution in [1.82, 2.24) is 24.5 Å². The van der Waals surface area contributed by atoms with E-state index < -0.39 is 6.10 Å². The Morgan fingerprint density at radius 2 is 2.06 bits per heavy atom. The van der Waals surface area contributed by atoms with Crippen molar-refractivity contribution in [2.24, 2.45) is 0 Å². The van der Waals surface area contributed by atoms with E-state index in [0.717, 1.165) is 11.4 Å². The molecule has 0 fully saturated rings. The summed E-state index contributed by atoms with van der Waals surface area (Å²) in [5, 5.41) is 17.8. The van der Waals surface area contributed by atoms with Crippen LogP contribution in [0.15, 0.2) is 18.7 Å². The molecule has 0 aliphatic carbocycles. The van der Waals surface area contributed by atoms with Crippen molar-refractivity contribution < 1.29 is 5.11 Å². The molecule has 0 aromatic carbocycles. The molecule has 0 aliphatic heterocycles. The van der Waals surface area contributed by atoms with Gasteiger partial charge >= 0.3 is 0 Å². The zero-order valence-electron chi connectivity index (χ0n) is 10.3. The summed E-state index contributed by atoms with van der Waals surface area (Å²) >= 11 is 0. The Bertz CT molecular complexity index is 486. The predicted octanol–water partition coefficient (Wildman–Crippen LogP) is 1.16. The highest BCUT2D eigenvalue weighted by atomic mass is 16.3. The third-order valence-corrected chi connectivity index (χ3v) is 2.58. The topological polar surface area (TPSA) is 68.8 Å². The van der Waals surface area contributed by atoms with Crippen LogP contribution in [-0.4, -0.2) is 29.7 Å². The first-order valence-electron chi connectivity index (χ1n) is 5.66. The van der Waals surface area contributed by atoms with Crippen LogP contribution < -0.4 is 0 Å². The summed E-state index contributed by atoms with van der Waals surface area (Å²) in [5.41, 5.74) is 0.806. The van der Waals surface area contributed by atoms with Crippen LogP contribution in [0.2, 0.25) is 0 Å². The zero-order valence-corrected chi connectivity index (χ0v) is 10.3. The van der Waals surface area contributed by atoms with E-state index in [9.17, 15) is 5.11 Å². The van der Waals surface area contributed by atoms with E-state index in [1.807, 2.05) is 10.9 Å². The van der Waals surface area contributed by atoms with Crippen LogP contribution in [0, 0.1) is 0 Å². The number of rotatable bonds is 4. The van der Waals surface area contributed by atoms with Crippen molar-refractivity contribution in [1.29, 1.82) is 0 Å². The largest absolute Gasteiger partial charge is 0.389 e. The highest BCUT2D eigenvalue weighted by Gasteiger charge is 2.10. The molecule has 0 bridgehead atoms. The molecule has 0 spiro atoms. The minimum absolute atomic E-state index is 0.277. The van der Waals surface area contributed by atoms with Gasteiger partial charge in [0.05, 0.1) is 12.3 Å². The summed E-state index contributed by atoms with van der Waals surface area (Å²) in [7, 11) is 0. The molecule has 1 atom stereocenters. The molecule has 92 valence electrons. The van der Waals surface area contributed by atoms with Gasteiger partial charge in [0, 0.05) is 17.8 Å². The van der Waals surface area contributed by atoms with Gasteiger partial charge in [0.25, 0.3) is 0 Å². The summed E-state index contributed by atoms with van der Waals surface area (Å²) in [6.07, 6.45) is 4.55. The minimum atomic E-state index is -0.494. The third-order valence-electron chi connectivity index (χ3n) is 2.58. The van der Waals surface area contributed by atoms with E-state index in [2.05, 4.69) is 29.0 Å². The maximum absolute atomic E-state index is 9.42. The fourth-order valence-electron chi connectivity index (χ4n) is 1.65. The Morgan fingerprint density at radius 3 is 2.65 bits per heavy atom. The highest BCUT2D eigenvalue weighted by molar-refractivity contribution is 5.07. The minimum Gasteiger partial charge on any atom is -0.389 e. The van der Waals surface area contributed by atoms with Gasteiger partial charge in [0.1, 0.15) is 18.7 Å². The molecular weight excluding hydrogens is 218 g/mol. The molecule has 0 amide bonds. The van der Waals surface area contributed by atoms with Crippen LogP contribution in [0.5, 0.6) is 0 Å². The lowest BCUT2D eigenvalue weighted by Crippen LogP contribution is -2.12. The van der Waals surface area contributed by atoms with Crippen molar-refractivity contribution in [2.75, 3.05) is 0 Å². The van der Waals surface area contributed by atoms with Crippen LogP contribution in [0.4, 0.5) is 0 Å². The molecule has 2 rings (SSSR count). The lowest BCUT2D eigenvalue weighted by molar-refractivity contribution is 0.199. The van der Waals surface area contributed by atoms with Crippen LogP contribution in [0.1, 0.15) is 44.3 Å². The summed E-state index contributed by atoms with van der Waals surface area (Å²) in [4.78, 5) is 4.22. The van der Waals surface area contributed by atoms with Crippen LogP contribution in [0.25, 0.3) is 0 Å². The van der Waals surface area contributed by atoms with Gasteiger partial charge in [-0.15, -0.1) is 0 Å². The fraction of sp³-hybridized carbons (Fsp3) is 0.545. The van der Waals surface area contributed by atoms with Gasteiger partial charge in [-0.1, -0.05) is 0 Å². The molecule has 0 saturated heterocycles. The monoisotopic (exact) mass is 235 g/mol. The normalized spacial score (nSPS) is 13.2. The van der Waals surface area contributed by atoms with Crippen molar-refractivity contribution in [3.63, 3.8) is 0 Å². The van der Waals surface area contributed by atoms with E-state index in [1.54, 1.807) is 24.1 Å². The van der Waals surface area contributed by atoms with E-state index >= 15 is 0 Å². The third kappa shape index (κ3) is 2.52. The molecule has 2 aromatic heterocycles. The molecule has 1 N–H and O–H groups in total. The lowest BCUT2D eigenvalue weighted by atomic mass is 10.2. The smallest absolute Gasteiger partial charge is 0.148 e. The van der Waals surface area contributed by atoms with E-state index in [1.165, 1.54) is 0 Å². The van der Waals surface area contributed by atoms with E-state index in [-0.39, 0.29) is 6.04 Å². The Hall–Kier alpha value is -1.69. The standard InChI is InChI=1S/C11H17N5O/c1-8(2)16-11(12-7-14-16)6-15-5-10(4-13-15)9(3)17/h4-5,7-9,17H,6H2,1-3H3. The van der Waals surface area contributed by atoms with Gasteiger partial charge in [-0.2, -0.15) is 10.2 Å². The van der Waals surface area contributed by atoms with Crippen molar-refractivity contribution in [3.05, 3.63) is 30.1 Å². The summed E-state index contributed by atoms with van der Waals surface area (Å²) in [6, 6.07) is 0.277. The summed E-state index contributed by atoms with van der Waals surface area (Å²) in [6.45, 7) is 6.40. The van der Waals surface area contributed by atoms with Crippen molar-refractivity contribution >= 4 is 0 Å². The van der Waals surface area contributed by atoms with E-state index in [4.69, 9.17) is 0 Å². The zero-order chi connectivity index (χ0) is 12.4. The van der Waals surface area contributed by atoms with Gasteiger partial charge in [-0.3, -0.25) is 4.68 Å². The lowest BCUT2D eigenvalue weighted by Gasteiger charge is -2.09. The summed E-state index contributed by atoms with van der Waals surface area (Å²) in [5.74, 6) is 0.861. The van der Waals surface area contributed by atoms with Crippen molar-refractivity contribution in [3.8, 4) is 0 Å². The molecule has 0 aliphatic rings. The summed E-state index contributed by atoms with van der Waals surface area (Å²) < 4.78 is 3.62. The van der Waals surface area contributed by atoms with Gasteiger partial charge in [0.15, 0.2) is 0 Å². The van der Waals surface area contributed by atoms with Gasteiger partial charge < -0.3 is 5.11 Å². The number of nitrogens with zero attached hydrogens (tertiary/aromatic N) is 5. The average molecular weight is 235 g/mol. The first kappa shape index (κ1) is 11.8. The van der Waals surface area contributed by atoms with Gasteiger partial charge in [-0.05, 0) is 20.8 Å². The second-order valence-electron chi connectivity index (χ2n) is 4.36. The highest BCUT2D eigenvalue weighted by Crippen LogP contribution is 2.11. The van der Waals surface area contributed by atoms with Crippen molar-refractivity contribution in [2.45, 2.75) is 39.5 Å². The second kappa shape index (κ2) is 4.67. The Labute approximate surface area is 99.9 Å². The molecule has 6 nitrogen and oxygen atoms in total. The number of aliphatic hydroxyl groups is 1. The number of hydrogen-bond donors (Lipinski definition) is 1. The Morgan fingerprint density at radius 1 is 1.29 bits per heavy atom. The first-order chi connectivity index (χ1) is 8.08. The Kier molecular flexibility index (Phi) is 3.23. The second-order valence-corrected chi connectivity index (χ2v) is 4.36. The van der Waals surface area contributed by atoms with Crippen LogP contribution in [-0.2, 0) is 6.54 Å². The average Bonchev–Trinajstić information content (AvgIpc) is 2.86. The quantitative estimate of drug-likeness (QED) is 0.863. The molecule has 6 heteroatoms. The number of aliphatic hydroxyl groups excluding tert-OH is 1. The van der Waals surface area contributed by atoms with Gasteiger partial charge in [0.2, 0.25) is 0 Å². The van der Waals surface area contributed by atoms with Gasteiger partial charge in [-0.25, -0.2) is 9.67 Å². The molecule has 1 unspecified atom stereocenters. The molecule has 17 heavy (non-hydrogen) atoms. The maximum atomic E-state index is 9.42. The van der Waals surface area contributed by atoms with Crippen LogP contribution in [0.3, 0.4) is 0 Å². The first-order valence-corrected chi connectivity index (χ1v) is 5.66. The molecule has 0 radical (unpaired) electrons. The molecule has 0 saturated carbocycles. The molecule has 2 heterocycles. The fourth-order valence-corrected chi connectivity index (χ4v) is 1.65. The SMILES string of the molecule is CC(O)c1cnn(Cc2ncnn2C(C)C)c1. The number of hydrogen-bond acceptors (Lipinski definition) is 4.